The summed E-state index contributed by atoms with van der Waals surface area (Å²) in [7, 11) is 1.73. The molecule has 7 nitrogen and oxygen atoms in total. The maximum absolute atomic E-state index is 12.5. The topological polar surface area (TPSA) is 75.5 Å². The molecule has 1 aromatic heterocycles. The van der Waals surface area contributed by atoms with Gasteiger partial charge in [0.15, 0.2) is 0 Å². The van der Waals surface area contributed by atoms with Crippen LogP contribution in [0.3, 0.4) is 0 Å². The Kier molecular flexibility index (Phi) is 5.39. The van der Waals surface area contributed by atoms with Crippen molar-refractivity contribution in [2.24, 2.45) is 0 Å². The van der Waals surface area contributed by atoms with E-state index in [4.69, 9.17) is 0 Å². The third kappa shape index (κ3) is 3.92. The van der Waals surface area contributed by atoms with Crippen molar-refractivity contribution < 1.29 is 14.4 Å². The molecule has 0 aliphatic carbocycles. The number of carbonyl (C=O) groups is 3. The quantitative estimate of drug-likeness (QED) is 0.731. The summed E-state index contributed by atoms with van der Waals surface area (Å²) >= 11 is 0. The Hall–Kier alpha value is -2.96. The van der Waals surface area contributed by atoms with Gasteiger partial charge in [0.2, 0.25) is 17.7 Å². The second kappa shape index (κ2) is 7.73. The summed E-state index contributed by atoms with van der Waals surface area (Å²) in [6.07, 6.45) is 0.638. The van der Waals surface area contributed by atoms with Crippen LogP contribution >= 0.6 is 0 Å². The highest BCUT2D eigenvalue weighted by molar-refractivity contribution is 6.02. The summed E-state index contributed by atoms with van der Waals surface area (Å²) in [5, 5.41) is 4.60. The zero-order chi connectivity index (χ0) is 19.6. The summed E-state index contributed by atoms with van der Waals surface area (Å²) in [6, 6.07) is 9.85. The summed E-state index contributed by atoms with van der Waals surface area (Å²) < 4.78 is 1.88. The van der Waals surface area contributed by atoms with Crippen LogP contribution in [0.5, 0.6) is 0 Å². The van der Waals surface area contributed by atoms with Crippen LogP contribution in [0.2, 0.25) is 0 Å². The third-order valence-corrected chi connectivity index (χ3v) is 4.97. The molecule has 27 heavy (non-hydrogen) atoms. The second-order valence-corrected chi connectivity index (χ2v) is 6.84. The van der Waals surface area contributed by atoms with Gasteiger partial charge in [0, 0.05) is 50.7 Å². The minimum atomic E-state index is -0.189. The van der Waals surface area contributed by atoms with Crippen molar-refractivity contribution in [3.05, 3.63) is 47.3 Å². The Morgan fingerprint density at radius 2 is 1.74 bits per heavy atom. The number of hydrogen-bond acceptors (Lipinski definition) is 4. The van der Waals surface area contributed by atoms with Crippen molar-refractivity contribution in [3.8, 4) is 5.69 Å². The predicted octanol–water partition coefficient (Wildman–Crippen LogP) is 1.99. The van der Waals surface area contributed by atoms with Gasteiger partial charge in [-0.05, 0) is 26.0 Å². The summed E-state index contributed by atoms with van der Waals surface area (Å²) in [6.45, 7) is 4.51. The molecule has 2 heterocycles. The van der Waals surface area contributed by atoms with Crippen LogP contribution in [0.4, 0.5) is 0 Å². The van der Waals surface area contributed by atoms with E-state index in [9.17, 15) is 14.4 Å². The fourth-order valence-corrected chi connectivity index (χ4v) is 3.32. The van der Waals surface area contributed by atoms with Gasteiger partial charge in [0.1, 0.15) is 0 Å². The number of likely N-dealkylation sites (tertiary alicyclic amines) is 1. The first-order valence-corrected chi connectivity index (χ1v) is 9.06. The molecule has 3 amide bonds. The molecule has 142 valence electrons. The number of aromatic nitrogens is 2. The first kappa shape index (κ1) is 18.8. The van der Waals surface area contributed by atoms with Crippen LogP contribution in [0, 0.1) is 13.8 Å². The predicted molar refractivity (Wildman–Crippen MR) is 100 cm³/mol. The van der Waals surface area contributed by atoms with Crippen molar-refractivity contribution in [2.45, 2.75) is 39.7 Å². The molecule has 1 aliphatic heterocycles. The standard InChI is InChI=1S/C20H24N4O3/c1-14-17(15(2)24(21-14)16-7-5-4-6-8-16)13-22(3)18(25)11-12-23-19(26)9-10-20(23)27/h4-8H,9-13H2,1-3H3. The van der Waals surface area contributed by atoms with Gasteiger partial charge in [-0.1, -0.05) is 18.2 Å². The lowest BCUT2D eigenvalue weighted by atomic mass is 10.1. The van der Waals surface area contributed by atoms with Crippen molar-refractivity contribution >= 4 is 17.7 Å². The molecule has 0 radical (unpaired) electrons. The van der Waals surface area contributed by atoms with Gasteiger partial charge < -0.3 is 4.90 Å². The lowest BCUT2D eigenvalue weighted by molar-refractivity contribution is -0.139. The van der Waals surface area contributed by atoms with Crippen LogP contribution in [-0.4, -0.2) is 50.9 Å². The molecule has 2 aromatic rings. The van der Waals surface area contributed by atoms with E-state index in [1.54, 1.807) is 11.9 Å². The second-order valence-electron chi connectivity index (χ2n) is 6.84. The lowest BCUT2D eigenvalue weighted by Gasteiger charge is -2.19. The van der Waals surface area contributed by atoms with Crippen molar-refractivity contribution in [3.63, 3.8) is 0 Å². The largest absolute Gasteiger partial charge is 0.341 e. The van der Waals surface area contributed by atoms with Crippen LogP contribution in [0.15, 0.2) is 30.3 Å². The van der Waals surface area contributed by atoms with Crippen molar-refractivity contribution in [1.29, 1.82) is 0 Å². The molecule has 1 aliphatic rings. The summed E-state index contributed by atoms with van der Waals surface area (Å²) in [5.41, 5.74) is 3.84. The Morgan fingerprint density at radius 1 is 1.11 bits per heavy atom. The number of rotatable bonds is 6. The Morgan fingerprint density at radius 3 is 2.37 bits per heavy atom. The van der Waals surface area contributed by atoms with Gasteiger partial charge >= 0.3 is 0 Å². The molecular weight excluding hydrogens is 344 g/mol. The number of aryl methyl sites for hydroxylation is 1. The molecule has 3 rings (SSSR count). The number of carbonyl (C=O) groups excluding carboxylic acids is 3. The maximum atomic E-state index is 12.5. The minimum Gasteiger partial charge on any atom is -0.341 e. The molecule has 1 fully saturated rings. The average molecular weight is 368 g/mol. The minimum absolute atomic E-state index is 0.103. The van der Waals surface area contributed by atoms with Gasteiger partial charge in [0.25, 0.3) is 0 Å². The Labute approximate surface area is 158 Å². The smallest absolute Gasteiger partial charge is 0.229 e. The van der Waals surface area contributed by atoms with E-state index in [2.05, 4.69) is 5.10 Å². The van der Waals surface area contributed by atoms with Crippen LogP contribution in [0.25, 0.3) is 5.69 Å². The number of imide groups is 1. The zero-order valence-electron chi connectivity index (χ0n) is 15.9. The van der Waals surface area contributed by atoms with E-state index in [1.165, 1.54) is 4.90 Å². The van der Waals surface area contributed by atoms with E-state index in [-0.39, 0.29) is 43.5 Å². The van der Waals surface area contributed by atoms with Crippen LogP contribution in [-0.2, 0) is 20.9 Å². The van der Waals surface area contributed by atoms with Crippen LogP contribution < -0.4 is 0 Å². The fraction of sp³-hybridized carbons (Fsp3) is 0.400. The highest BCUT2D eigenvalue weighted by Crippen LogP contribution is 2.19. The van der Waals surface area contributed by atoms with Crippen molar-refractivity contribution in [2.75, 3.05) is 13.6 Å². The van der Waals surface area contributed by atoms with E-state index in [0.717, 1.165) is 22.6 Å². The molecule has 1 aromatic carbocycles. The number of hydrogen-bond donors (Lipinski definition) is 0. The zero-order valence-corrected chi connectivity index (χ0v) is 15.9. The normalized spacial score (nSPS) is 14.1. The Balaban J connectivity index is 1.66. The first-order valence-electron chi connectivity index (χ1n) is 9.06. The molecule has 0 N–H and O–H groups in total. The number of amides is 3. The summed E-state index contributed by atoms with van der Waals surface area (Å²) in [4.78, 5) is 38.6. The van der Waals surface area contributed by atoms with Crippen LogP contribution in [0.1, 0.15) is 36.2 Å². The SMILES string of the molecule is Cc1nn(-c2ccccc2)c(C)c1CN(C)C(=O)CCN1C(=O)CCC1=O. The molecule has 0 atom stereocenters. The lowest BCUT2D eigenvalue weighted by Crippen LogP contribution is -2.34. The third-order valence-electron chi connectivity index (χ3n) is 4.97. The number of benzene rings is 1. The molecule has 0 unspecified atom stereocenters. The molecule has 0 saturated carbocycles. The monoisotopic (exact) mass is 368 g/mol. The first-order chi connectivity index (χ1) is 12.9. The molecule has 7 heteroatoms. The van der Waals surface area contributed by atoms with Gasteiger partial charge in [0.05, 0.1) is 11.4 Å². The van der Waals surface area contributed by atoms with E-state index in [0.29, 0.717) is 6.54 Å². The summed E-state index contributed by atoms with van der Waals surface area (Å²) in [5.74, 6) is -0.480. The van der Waals surface area contributed by atoms with Gasteiger partial charge in [-0.3, -0.25) is 19.3 Å². The Bertz CT molecular complexity index is 857. The highest BCUT2D eigenvalue weighted by Gasteiger charge is 2.29. The van der Waals surface area contributed by atoms with Crippen molar-refractivity contribution in [1.82, 2.24) is 19.6 Å². The van der Waals surface area contributed by atoms with Gasteiger partial charge in [-0.25, -0.2) is 4.68 Å². The maximum Gasteiger partial charge on any atom is 0.229 e. The molecule has 0 spiro atoms. The average Bonchev–Trinajstić information content (AvgIpc) is 3.13. The highest BCUT2D eigenvalue weighted by atomic mass is 16.2. The molecule has 1 saturated heterocycles. The number of nitrogens with zero attached hydrogens (tertiary/aromatic N) is 4. The van der Waals surface area contributed by atoms with E-state index >= 15 is 0 Å². The van der Waals surface area contributed by atoms with Gasteiger partial charge in [-0.2, -0.15) is 5.10 Å². The molecular formula is C20H24N4O3. The van der Waals surface area contributed by atoms with E-state index in [1.807, 2.05) is 48.9 Å². The van der Waals surface area contributed by atoms with Gasteiger partial charge in [-0.15, -0.1) is 0 Å². The van der Waals surface area contributed by atoms with E-state index < -0.39 is 0 Å². The number of para-hydroxylation sites is 1. The molecule has 0 bridgehead atoms. The fourth-order valence-electron chi connectivity index (χ4n) is 3.32.